The molecule has 2 nitrogen and oxygen atoms in total. The Morgan fingerprint density at radius 2 is 2.00 bits per heavy atom. The third kappa shape index (κ3) is 3.33. The highest BCUT2D eigenvalue weighted by Gasteiger charge is 2.14. The predicted octanol–water partition coefficient (Wildman–Crippen LogP) is 3.57. The molecule has 2 rings (SSSR count). The quantitative estimate of drug-likeness (QED) is 0.845. The Morgan fingerprint density at radius 3 is 2.59 bits per heavy atom. The lowest BCUT2D eigenvalue weighted by Gasteiger charge is -2.27. The summed E-state index contributed by atoms with van der Waals surface area (Å²) in [4.78, 5) is 2.46. The van der Waals surface area contributed by atoms with E-state index >= 15 is 0 Å². The maximum absolute atomic E-state index is 5.16. The molecule has 17 heavy (non-hydrogen) atoms. The van der Waals surface area contributed by atoms with Gasteiger partial charge in [-0.15, -0.1) is 0 Å². The predicted molar refractivity (Wildman–Crippen MR) is 74.5 cm³/mol. The fraction of sp³-hybridized carbons (Fsp3) is 0.429. The van der Waals surface area contributed by atoms with Crippen LogP contribution in [-0.4, -0.2) is 25.1 Å². The largest absolute Gasteiger partial charge is 0.497 e. The number of methoxy groups -OCH3 is 1. The van der Waals surface area contributed by atoms with Crippen LogP contribution < -0.4 is 4.74 Å². The molecule has 3 heteroatoms. The van der Waals surface area contributed by atoms with Crippen molar-refractivity contribution in [3.8, 4) is 5.75 Å². The van der Waals surface area contributed by atoms with Crippen LogP contribution in [0.4, 0.5) is 0 Å². The van der Waals surface area contributed by atoms with E-state index in [-0.39, 0.29) is 0 Å². The molecule has 0 saturated carbocycles. The van der Waals surface area contributed by atoms with Crippen molar-refractivity contribution < 1.29 is 4.74 Å². The molecule has 1 heterocycles. The fourth-order valence-electron chi connectivity index (χ4n) is 2.00. The van der Waals surface area contributed by atoms with E-state index in [1.165, 1.54) is 15.6 Å². The third-order valence-corrected chi connectivity index (χ3v) is 4.12. The number of hydrogen-bond acceptors (Lipinski definition) is 2. The summed E-state index contributed by atoms with van der Waals surface area (Å²) in [6, 6.07) is 8.32. The van der Waals surface area contributed by atoms with E-state index in [0.717, 1.165) is 31.8 Å². The van der Waals surface area contributed by atoms with E-state index in [0.29, 0.717) is 0 Å². The Labute approximate surface area is 111 Å². The zero-order chi connectivity index (χ0) is 12.3. The van der Waals surface area contributed by atoms with Gasteiger partial charge in [-0.3, -0.25) is 4.90 Å². The zero-order valence-electron chi connectivity index (χ0n) is 10.4. The van der Waals surface area contributed by atoms with Gasteiger partial charge in [-0.1, -0.05) is 33.6 Å². The number of benzene rings is 1. The molecule has 0 radical (unpaired) electrons. The maximum atomic E-state index is 5.16. The van der Waals surface area contributed by atoms with Gasteiger partial charge in [0.15, 0.2) is 0 Å². The van der Waals surface area contributed by atoms with Crippen molar-refractivity contribution in [3.05, 3.63) is 39.9 Å². The van der Waals surface area contributed by atoms with Crippen LogP contribution in [0.5, 0.6) is 5.75 Å². The lowest BCUT2D eigenvalue weighted by atomic mass is 10.1. The van der Waals surface area contributed by atoms with Crippen molar-refractivity contribution >= 4 is 15.9 Å². The van der Waals surface area contributed by atoms with Crippen LogP contribution in [0.25, 0.3) is 0 Å². The lowest BCUT2D eigenvalue weighted by Crippen LogP contribution is -2.29. The first-order valence-electron chi connectivity index (χ1n) is 5.88. The molecule has 0 aromatic heterocycles. The molecule has 0 fully saturated rings. The second kappa shape index (κ2) is 5.69. The van der Waals surface area contributed by atoms with Crippen LogP contribution in [0.3, 0.4) is 0 Å². The molecule has 1 aliphatic heterocycles. The van der Waals surface area contributed by atoms with Crippen LogP contribution in [0, 0.1) is 0 Å². The Bertz CT molecular complexity index is 411. The van der Waals surface area contributed by atoms with E-state index in [9.17, 15) is 0 Å². The van der Waals surface area contributed by atoms with Gasteiger partial charge in [0.2, 0.25) is 0 Å². The summed E-state index contributed by atoms with van der Waals surface area (Å²) in [5, 5.41) is 0. The molecule has 1 aromatic carbocycles. The van der Waals surface area contributed by atoms with E-state index in [4.69, 9.17) is 4.74 Å². The van der Waals surface area contributed by atoms with Crippen LogP contribution >= 0.6 is 15.9 Å². The highest BCUT2D eigenvalue weighted by atomic mass is 79.9. The van der Waals surface area contributed by atoms with Crippen molar-refractivity contribution in [2.24, 2.45) is 0 Å². The number of hydrogen-bond donors (Lipinski definition) is 0. The van der Waals surface area contributed by atoms with E-state index in [1.807, 2.05) is 12.1 Å². The highest BCUT2D eigenvalue weighted by molar-refractivity contribution is 9.11. The smallest absolute Gasteiger partial charge is 0.118 e. The molecule has 0 atom stereocenters. The van der Waals surface area contributed by atoms with Gasteiger partial charge in [-0.2, -0.15) is 0 Å². The Kier molecular flexibility index (Phi) is 4.24. The molecule has 0 unspecified atom stereocenters. The molecule has 0 saturated heterocycles. The van der Waals surface area contributed by atoms with Gasteiger partial charge in [0, 0.05) is 24.1 Å². The van der Waals surface area contributed by atoms with Crippen molar-refractivity contribution in [1.29, 1.82) is 0 Å². The first kappa shape index (κ1) is 12.7. The fourth-order valence-corrected chi connectivity index (χ4v) is 2.55. The van der Waals surface area contributed by atoms with Crippen molar-refractivity contribution in [2.75, 3.05) is 20.2 Å². The van der Waals surface area contributed by atoms with Crippen molar-refractivity contribution in [1.82, 2.24) is 4.90 Å². The summed E-state index contributed by atoms with van der Waals surface area (Å²) >= 11 is 3.65. The first-order valence-corrected chi connectivity index (χ1v) is 6.68. The summed E-state index contributed by atoms with van der Waals surface area (Å²) in [6.07, 6.45) is 1.16. The summed E-state index contributed by atoms with van der Waals surface area (Å²) in [5.74, 6) is 0.921. The van der Waals surface area contributed by atoms with E-state index in [2.05, 4.69) is 39.9 Å². The molecule has 92 valence electrons. The molecule has 0 N–H and O–H groups in total. The minimum Gasteiger partial charge on any atom is -0.497 e. The van der Waals surface area contributed by atoms with Crippen molar-refractivity contribution in [2.45, 2.75) is 19.9 Å². The number of ether oxygens (including phenoxy) is 1. The van der Waals surface area contributed by atoms with E-state index < -0.39 is 0 Å². The monoisotopic (exact) mass is 295 g/mol. The lowest BCUT2D eigenvalue weighted by molar-refractivity contribution is 0.284. The van der Waals surface area contributed by atoms with Crippen LogP contribution in [0.2, 0.25) is 0 Å². The zero-order valence-corrected chi connectivity index (χ0v) is 12.0. The molecule has 0 aliphatic carbocycles. The third-order valence-electron chi connectivity index (χ3n) is 3.19. The van der Waals surface area contributed by atoms with Gasteiger partial charge in [-0.05, 0) is 31.0 Å². The number of nitrogens with zero attached hydrogens (tertiary/aromatic N) is 1. The Morgan fingerprint density at radius 1 is 1.29 bits per heavy atom. The number of rotatable bonds is 3. The molecular weight excluding hydrogens is 278 g/mol. The van der Waals surface area contributed by atoms with Gasteiger partial charge in [0.05, 0.1) is 7.11 Å². The maximum Gasteiger partial charge on any atom is 0.118 e. The Balaban J connectivity index is 1.97. The van der Waals surface area contributed by atoms with Gasteiger partial charge < -0.3 is 4.74 Å². The molecule has 0 bridgehead atoms. The number of halogens is 1. The van der Waals surface area contributed by atoms with Crippen LogP contribution in [0.15, 0.2) is 34.3 Å². The van der Waals surface area contributed by atoms with Crippen molar-refractivity contribution in [3.63, 3.8) is 0 Å². The summed E-state index contributed by atoms with van der Waals surface area (Å²) < 4.78 is 6.51. The van der Waals surface area contributed by atoms with Crippen LogP contribution in [0.1, 0.15) is 18.9 Å². The minimum atomic E-state index is 0.921. The van der Waals surface area contributed by atoms with Crippen LogP contribution in [-0.2, 0) is 6.54 Å². The standard InChI is InChI=1S/C14H18BrNO/c1-11-7-8-16(10-14(11)15)9-12-3-5-13(17-2)6-4-12/h3-6H,7-10H2,1-2H3. The average Bonchev–Trinajstić information content (AvgIpc) is 2.35. The minimum absolute atomic E-state index is 0.921. The summed E-state index contributed by atoms with van der Waals surface area (Å²) in [6.45, 7) is 5.38. The molecule has 1 aromatic rings. The summed E-state index contributed by atoms with van der Waals surface area (Å²) in [5.41, 5.74) is 2.82. The van der Waals surface area contributed by atoms with Gasteiger partial charge >= 0.3 is 0 Å². The molecule has 0 amide bonds. The Hall–Kier alpha value is -0.800. The average molecular weight is 296 g/mol. The first-order chi connectivity index (χ1) is 8.19. The topological polar surface area (TPSA) is 12.5 Å². The summed E-state index contributed by atoms with van der Waals surface area (Å²) in [7, 11) is 1.70. The van der Waals surface area contributed by atoms with Gasteiger partial charge in [0.25, 0.3) is 0 Å². The van der Waals surface area contributed by atoms with Gasteiger partial charge in [0.1, 0.15) is 5.75 Å². The SMILES string of the molecule is COc1ccc(CN2CCC(C)=C(Br)C2)cc1. The van der Waals surface area contributed by atoms with Gasteiger partial charge in [-0.25, -0.2) is 0 Å². The second-order valence-corrected chi connectivity index (χ2v) is 5.45. The molecular formula is C14H18BrNO. The second-order valence-electron chi connectivity index (χ2n) is 4.49. The molecule has 0 spiro atoms. The molecule has 1 aliphatic rings. The highest BCUT2D eigenvalue weighted by Crippen LogP contribution is 2.23. The van der Waals surface area contributed by atoms with E-state index in [1.54, 1.807) is 7.11 Å². The normalized spacial score (nSPS) is 17.4.